The topological polar surface area (TPSA) is 21.3 Å². The number of unbranched alkanes of at least 4 members (excludes halogenated alkanes) is 1. The third-order valence-electron chi connectivity index (χ3n) is 2.52. The molecule has 0 aromatic carbocycles. The summed E-state index contributed by atoms with van der Waals surface area (Å²) in [5.74, 6) is 1.27. The average Bonchev–Trinajstić information content (AvgIpc) is 2.58. The lowest BCUT2D eigenvalue weighted by Crippen LogP contribution is -2.32. The summed E-state index contributed by atoms with van der Waals surface area (Å²) in [6.07, 6.45) is 3.74. The van der Waals surface area contributed by atoms with Crippen LogP contribution >= 0.6 is 11.8 Å². The zero-order chi connectivity index (χ0) is 10.2. The minimum atomic E-state index is 0.727. The molecule has 1 heterocycles. The molecule has 0 aromatic rings. The van der Waals surface area contributed by atoms with Gasteiger partial charge in [-0.1, -0.05) is 20.3 Å². The Labute approximate surface area is 92.2 Å². The minimum Gasteiger partial charge on any atom is -0.380 e. The van der Waals surface area contributed by atoms with Crippen molar-refractivity contribution in [2.45, 2.75) is 44.4 Å². The van der Waals surface area contributed by atoms with Crippen LogP contribution in [-0.2, 0) is 4.74 Å². The van der Waals surface area contributed by atoms with E-state index >= 15 is 0 Å². The van der Waals surface area contributed by atoms with Crippen LogP contribution in [0.4, 0.5) is 0 Å². The summed E-state index contributed by atoms with van der Waals surface area (Å²) in [4.78, 5) is 0. The summed E-state index contributed by atoms with van der Waals surface area (Å²) in [5.41, 5.74) is 0. The monoisotopic (exact) mass is 217 g/mol. The molecule has 0 saturated carbocycles. The highest BCUT2D eigenvalue weighted by atomic mass is 32.2. The van der Waals surface area contributed by atoms with Crippen LogP contribution < -0.4 is 5.32 Å². The van der Waals surface area contributed by atoms with Gasteiger partial charge in [-0.25, -0.2) is 0 Å². The van der Waals surface area contributed by atoms with Crippen molar-refractivity contribution >= 4 is 11.8 Å². The minimum absolute atomic E-state index is 0.727. The first-order valence-corrected chi connectivity index (χ1v) is 6.80. The van der Waals surface area contributed by atoms with Crippen molar-refractivity contribution in [2.75, 3.05) is 25.5 Å². The van der Waals surface area contributed by atoms with Crippen molar-refractivity contribution in [3.63, 3.8) is 0 Å². The van der Waals surface area contributed by atoms with Gasteiger partial charge in [0.05, 0.1) is 6.61 Å². The summed E-state index contributed by atoms with van der Waals surface area (Å²) in [5, 5.41) is 4.38. The van der Waals surface area contributed by atoms with Crippen molar-refractivity contribution in [3.8, 4) is 0 Å². The highest BCUT2D eigenvalue weighted by Crippen LogP contribution is 2.25. The molecule has 0 aliphatic carbocycles. The maximum atomic E-state index is 5.49. The Kier molecular flexibility index (Phi) is 6.65. The third-order valence-corrected chi connectivity index (χ3v) is 3.88. The molecular formula is C11H23NOS. The molecule has 1 fully saturated rings. The number of rotatable bonds is 7. The Balaban J connectivity index is 1.84. The molecule has 1 saturated heterocycles. The van der Waals surface area contributed by atoms with Gasteiger partial charge in [-0.3, -0.25) is 0 Å². The van der Waals surface area contributed by atoms with Crippen LogP contribution in [0.1, 0.15) is 33.1 Å². The van der Waals surface area contributed by atoms with Gasteiger partial charge in [0, 0.05) is 30.2 Å². The number of nitrogens with one attached hydrogen (secondary N) is 1. The van der Waals surface area contributed by atoms with Crippen molar-refractivity contribution in [1.82, 2.24) is 5.32 Å². The highest BCUT2D eigenvalue weighted by Gasteiger charge is 2.20. The molecule has 0 spiro atoms. The summed E-state index contributed by atoms with van der Waals surface area (Å²) in [6, 6.07) is 0.727. The molecule has 0 amide bonds. The maximum Gasteiger partial charge on any atom is 0.0591 e. The number of ether oxygens (including phenoxy) is 1. The fraction of sp³-hybridized carbons (Fsp3) is 1.00. The van der Waals surface area contributed by atoms with Gasteiger partial charge < -0.3 is 10.1 Å². The van der Waals surface area contributed by atoms with Gasteiger partial charge in [0.1, 0.15) is 0 Å². The molecule has 3 heteroatoms. The normalized spacial score (nSPS) is 27.0. The van der Waals surface area contributed by atoms with Gasteiger partial charge in [-0.2, -0.15) is 11.8 Å². The summed E-state index contributed by atoms with van der Waals surface area (Å²) in [6.45, 7) is 7.31. The Hall–Kier alpha value is 0.270. The van der Waals surface area contributed by atoms with Gasteiger partial charge in [-0.15, -0.1) is 0 Å². The summed E-state index contributed by atoms with van der Waals surface area (Å²) >= 11 is 2.07. The molecule has 1 N–H and O–H groups in total. The van der Waals surface area contributed by atoms with Crippen LogP contribution in [0.15, 0.2) is 0 Å². The van der Waals surface area contributed by atoms with Gasteiger partial charge in [0.15, 0.2) is 0 Å². The van der Waals surface area contributed by atoms with E-state index in [1.54, 1.807) is 0 Å². The van der Waals surface area contributed by atoms with E-state index in [9.17, 15) is 0 Å². The predicted molar refractivity (Wildman–Crippen MR) is 64.1 cm³/mol. The zero-order valence-electron chi connectivity index (χ0n) is 9.42. The molecule has 2 atom stereocenters. The molecule has 0 bridgehead atoms. The van der Waals surface area contributed by atoms with E-state index in [2.05, 4.69) is 30.9 Å². The molecule has 1 aliphatic rings. The van der Waals surface area contributed by atoms with E-state index in [1.165, 1.54) is 25.0 Å². The van der Waals surface area contributed by atoms with Gasteiger partial charge in [0.2, 0.25) is 0 Å². The molecule has 1 rings (SSSR count). The molecular weight excluding hydrogens is 194 g/mol. The summed E-state index contributed by atoms with van der Waals surface area (Å²) < 4.78 is 5.49. The zero-order valence-corrected chi connectivity index (χ0v) is 10.2. The largest absolute Gasteiger partial charge is 0.380 e. The number of thioether (sulfide) groups is 1. The van der Waals surface area contributed by atoms with Crippen LogP contribution in [0.2, 0.25) is 0 Å². The lowest BCUT2D eigenvalue weighted by Gasteiger charge is -2.11. The lowest BCUT2D eigenvalue weighted by molar-refractivity contribution is 0.131. The van der Waals surface area contributed by atoms with Crippen molar-refractivity contribution in [1.29, 1.82) is 0 Å². The Morgan fingerprint density at radius 2 is 2.29 bits per heavy atom. The first-order chi connectivity index (χ1) is 6.83. The van der Waals surface area contributed by atoms with Crippen LogP contribution in [0, 0.1) is 0 Å². The lowest BCUT2D eigenvalue weighted by atomic mass is 10.2. The predicted octanol–water partition coefficient (Wildman–Crippen LogP) is 2.29. The second-order valence-corrected chi connectivity index (χ2v) is 5.47. The Bertz CT molecular complexity index is 143. The van der Waals surface area contributed by atoms with Crippen LogP contribution in [0.3, 0.4) is 0 Å². The van der Waals surface area contributed by atoms with E-state index in [1.807, 2.05) is 0 Å². The van der Waals surface area contributed by atoms with E-state index in [0.29, 0.717) is 0 Å². The molecule has 0 radical (unpaired) electrons. The molecule has 14 heavy (non-hydrogen) atoms. The van der Waals surface area contributed by atoms with Crippen LogP contribution in [0.25, 0.3) is 0 Å². The van der Waals surface area contributed by atoms with Gasteiger partial charge in [-0.05, 0) is 12.8 Å². The van der Waals surface area contributed by atoms with E-state index in [0.717, 1.165) is 31.1 Å². The fourth-order valence-electron chi connectivity index (χ4n) is 1.64. The Morgan fingerprint density at radius 3 is 2.93 bits per heavy atom. The standard InChI is InChI=1S/C11H23NOS/c1-3-4-6-13-7-5-12-11-8-10(2)14-9-11/h10-12H,3-9H2,1-2H3. The summed E-state index contributed by atoms with van der Waals surface area (Å²) in [7, 11) is 0. The van der Waals surface area contributed by atoms with Crippen molar-refractivity contribution < 1.29 is 4.74 Å². The molecule has 1 aliphatic heterocycles. The first-order valence-electron chi connectivity index (χ1n) is 5.75. The second kappa shape index (κ2) is 7.55. The number of hydrogen-bond acceptors (Lipinski definition) is 3. The fourth-order valence-corrected chi connectivity index (χ4v) is 2.83. The Morgan fingerprint density at radius 1 is 1.43 bits per heavy atom. The third kappa shape index (κ3) is 5.23. The van der Waals surface area contributed by atoms with Crippen LogP contribution in [-0.4, -0.2) is 36.8 Å². The SMILES string of the molecule is CCCCOCCNC1CSC(C)C1. The second-order valence-electron chi connectivity index (χ2n) is 4.00. The first kappa shape index (κ1) is 12.3. The smallest absolute Gasteiger partial charge is 0.0591 e. The van der Waals surface area contributed by atoms with E-state index < -0.39 is 0 Å². The van der Waals surface area contributed by atoms with Gasteiger partial charge >= 0.3 is 0 Å². The van der Waals surface area contributed by atoms with E-state index in [4.69, 9.17) is 4.74 Å². The van der Waals surface area contributed by atoms with Crippen molar-refractivity contribution in [2.24, 2.45) is 0 Å². The molecule has 0 aromatic heterocycles. The quantitative estimate of drug-likeness (QED) is 0.661. The van der Waals surface area contributed by atoms with E-state index in [-0.39, 0.29) is 0 Å². The maximum absolute atomic E-state index is 5.49. The molecule has 84 valence electrons. The molecule has 2 unspecified atom stereocenters. The van der Waals surface area contributed by atoms with Crippen molar-refractivity contribution in [3.05, 3.63) is 0 Å². The molecule has 2 nitrogen and oxygen atoms in total. The average molecular weight is 217 g/mol. The highest BCUT2D eigenvalue weighted by molar-refractivity contribution is 8.00. The van der Waals surface area contributed by atoms with Gasteiger partial charge in [0.25, 0.3) is 0 Å². The van der Waals surface area contributed by atoms with Crippen LogP contribution in [0.5, 0.6) is 0 Å². The number of hydrogen-bond donors (Lipinski definition) is 1.